The van der Waals surface area contributed by atoms with Gasteiger partial charge in [-0.25, -0.2) is 0 Å². The van der Waals surface area contributed by atoms with Crippen molar-refractivity contribution >= 4 is 49.0 Å². The Morgan fingerprint density at radius 1 is 1.46 bits per heavy atom. The van der Waals surface area contributed by atoms with Crippen molar-refractivity contribution in [1.82, 2.24) is 0 Å². The molecule has 2 rings (SSSR count). The Bertz CT molecular complexity index is 447. The van der Waals surface area contributed by atoms with Crippen molar-refractivity contribution in [3.8, 4) is 0 Å². The fourth-order valence-corrected chi connectivity index (χ4v) is 3.33. The summed E-state index contributed by atoms with van der Waals surface area (Å²) in [5.41, 5.74) is 1.32. The first-order valence-electron chi connectivity index (χ1n) is 4.08. The highest BCUT2D eigenvalue weighted by atomic mass is 79.9. The molecule has 3 heteroatoms. The summed E-state index contributed by atoms with van der Waals surface area (Å²) < 4.78 is 2.39. The normalized spacial score (nSPS) is 11.0. The smallest absolute Gasteiger partial charge is 0.0594 e. The fraction of sp³-hybridized carbons (Fsp3) is 0.200. The lowest BCUT2D eigenvalue weighted by Crippen LogP contribution is -1.80. The van der Waals surface area contributed by atoms with Gasteiger partial charge < -0.3 is 0 Å². The number of fused-ring (bicyclic) bond motifs is 1. The van der Waals surface area contributed by atoms with Crippen LogP contribution in [0.3, 0.4) is 0 Å². The Hall–Kier alpha value is -0.0500. The molecular weight excluding hydrogens is 268 g/mol. The molecule has 1 heterocycles. The van der Waals surface area contributed by atoms with Gasteiger partial charge in [-0.3, -0.25) is 0 Å². The van der Waals surface area contributed by atoms with Gasteiger partial charge in [0.25, 0.3) is 0 Å². The predicted octanol–water partition coefficient (Wildman–Crippen LogP) is 4.88. The van der Waals surface area contributed by atoms with Crippen LogP contribution in [0, 0.1) is 0 Å². The number of thiophene rings is 1. The number of hydrogen-bond acceptors (Lipinski definition) is 1. The Kier molecular flexibility index (Phi) is 2.63. The van der Waals surface area contributed by atoms with Gasteiger partial charge in [0.2, 0.25) is 0 Å². The monoisotopic (exact) mass is 274 g/mol. The molecule has 1 aromatic carbocycles. The zero-order chi connectivity index (χ0) is 9.42. The fourth-order valence-electron chi connectivity index (χ4n) is 1.44. The van der Waals surface area contributed by atoms with Crippen LogP contribution in [0.15, 0.2) is 22.0 Å². The van der Waals surface area contributed by atoms with Crippen molar-refractivity contribution in [2.75, 3.05) is 0 Å². The number of rotatable bonds is 1. The lowest BCUT2D eigenvalue weighted by Gasteiger charge is -2.01. The number of benzene rings is 1. The third-order valence-electron chi connectivity index (χ3n) is 2.10. The van der Waals surface area contributed by atoms with Gasteiger partial charge in [-0.1, -0.05) is 24.6 Å². The quantitative estimate of drug-likeness (QED) is 0.696. The van der Waals surface area contributed by atoms with Crippen molar-refractivity contribution in [2.45, 2.75) is 13.3 Å². The molecule has 0 atom stereocenters. The van der Waals surface area contributed by atoms with Gasteiger partial charge in [-0.05, 0) is 34.0 Å². The highest BCUT2D eigenvalue weighted by Crippen LogP contribution is 2.37. The summed E-state index contributed by atoms with van der Waals surface area (Å²) in [5, 5.41) is 4.08. The molecule has 2 aromatic rings. The maximum Gasteiger partial charge on any atom is 0.0594 e. The van der Waals surface area contributed by atoms with Gasteiger partial charge >= 0.3 is 0 Å². The third-order valence-corrected chi connectivity index (χ3v) is 4.46. The summed E-state index contributed by atoms with van der Waals surface area (Å²) in [6.45, 7) is 2.15. The highest BCUT2D eigenvalue weighted by molar-refractivity contribution is 9.10. The molecule has 68 valence electrons. The van der Waals surface area contributed by atoms with E-state index in [4.69, 9.17) is 11.6 Å². The molecule has 0 nitrogen and oxygen atoms in total. The van der Waals surface area contributed by atoms with Crippen molar-refractivity contribution < 1.29 is 0 Å². The Morgan fingerprint density at radius 3 is 2.92 bits per heavy atom. The van der Waals surface area contributed by atoms with Crippen LogP contribution in [-0.2, 0) is 6.42 Å². The molecule has 13 heavy (non-hydrogen) atoms. The van der Waals surface area contributed by atoms with Crippen LogP contribution < -0.4 is 0 Å². The van der Waals surface area contributed by atoms with Crippen molar-refractivity contribution in [1.29, 1.82) is 0 Å². The van der Waals surface area contributed by atoms with Crippen LogP contribution in [0.25, 0.3) is 10.1 Å². The highest BCUT2D eigenvalue weighted by Gasteiger charge is 2.08. The molecule has 0 unspecified atom stereocenters. The van der Waals surface area contributed by atoms with Gasteiger partial charge in [0, 0.05) is 15.2 Å². The van der Waals surface area contributed by atoms with Crippen LogP contribution in [0.5, 0.6) is 0 Å². The van der Waals surface area contributed by atoms with Crippen molar-refractivity contribution in [2.24, 2.45) is 0 Å². The topological polar surface area (TPSA) is 0 Å². The van der Waals surface area contributed by atoms with E-state index >= 15 is 0 Å². The van der Waals surface area contributed by atoms with E-state index in [9.17, 15) is 0 Å². The van der Waals surface area contributed by atoms with Crippen molar-refractivity contribution in [3.63, 3.8) is 0 Å². The Morgan fingerprint density at radius 2 is 2.23 bits per heavy atom. The van der Waals surface area contributed by atoms with E-state index in [-0.39, 0.29) is 0 Å². The largest absolute Gasteiger partial charge is 0.141 e. The van der Waals surface area contributed by atoms with Gasteiger partial charge in [0.15, 0.2) is 0 Å². The van der Waals surface area contributed by atoms with Crippen LogP contribution in [-0.4, -0.2) is 0 Å². The van der Waals surface area contributed by atoms with Crippen molar-refractivity contribution in [3.05, 3.63) is 32.6 Å². The lowest BCUT2D eigenvalue weighted by atomic mass is 10.1. The minimum absolute atomic E-state index is 0.873. The van der Waals surface area contributed by atoms with Gasteiger partial charge in [0.05, 0.1) is 9.72 Å². The second kappa shape index (κ2) is 3.60. The van der Waals surface area contributed by atoms with Crippen LogP contribution in [0.2, 0.25) is 5.02 Å². The summed E-state index contributed by atoms with van der Waals surface area (Å²) in [4.78, 5) is 0. The minimum Gasteiger partial charge on any atom is -0.141 e. The number of aryl methyl sites for hydroxylation is 1. The Labute approximate surface area is 94.7 Å². The summed E-state index contributed by atoms with van der Waals surface area (Å²) in [6, 6.07) is 4.22. The summed E-state index contributed by atoms with van der Waals surface area (Å²) in [7, 11) is 0. The summed E-state index contributed by atoms with van der Waals surface area (Å²) >= 11 is 11.3. The molecule has 0 aliphatic rings. The van der Waals surface area contributed by atoms with Crippen LogP contribution >= 0.6 is 38.9 Å². The maximum absolute atomic E-state index is 6.12. The molecule has 0 fully saturated rings. The second-order valence-electron chi connectivity index (χ2n) is 2.85. The molecule has 0 aliphatic carbocycles. The molecule has 0 spiro atoms. The molecule has 1 aromatic heterocycles. The van der Waals surface area contributed by atoms with E-state index in [0.717, 1.165) is 15.9 Å². The first-order valence-corrected chi connectivity index (χ1v) is 6.13. The summed E-state index contributed by atoms with van der Waals surface area (Å²) in [5.74, 6) is 0. The molecule has 0 N–H and O–H groups in total. The third kappa shape index (κ3) is 1.51. The first-order chi connectivity index (χ1) is 6.24. The average molecular weight is 276 g/mol. The molecule has 0 saturated heterocycles. The zero-order valence-corrected chi connectivity index (χ0v) is 10.3. The minimum atomic E-state index is 0.873. The van der Waals surface area contributed by atoms with E-state index in [1.807, 2.05) is 5.38 Å². The van der Waals surface area contributed by atoms with E-state index in [2.05, 4.69) is 35.0 Å². The molecular formula is C10H8BrClS. The van der Waals surface area contributed by atoms with Gasteiger partial charge in [-0.15, -0.1) is 11.3 Å². The average Bonchev–Trinajstić information content (AvgIpc) is 2.51. The molecule has 0 aliphatic heterocycles. The van der Waals surface area contributed by atoms with Gasteiger partial charge in [-0.2, -0.15) is 0 Å². The maximum atomic E-state index is 6.12. The predicted molar refractivity (Wildman–Crippen MR) is 63.9 cm³/mol. The van der Waals surface area contributed by atoms with E-state index in [0.29, 0.717) is 0 Å². The zero-order valence-electron chi connectivity index (χ0n) is 7.10. The molecule has 0 bridgehead atoms. The number of halogens is 2. The summed E-state index contributed by atoms with van der Waals surface area (Å²) in [6.07, 6.45) is 1.03. The van der Waals surface area contributed by atoms with Crippen LogP contribution in [0.4, 0.5) is 0 Å². The standard InChI is InChI=1S/C10H8BrClS/c1-2-6-3-4-7(11)10-9(6)8(12)5-13-10/h3-5H,2H2,1H3. The SMILES string of the molecule is CCc1ccc(Br)c2scc(Cl)c12. The first kappa shape index (κ1) is 9.50. The van der Waals surface area contributed by atoms with E-state index < -0.39 is 0 Å². The number of hydrogen-bond donors (Lipinski definition) is 0. The van der Waals surface area contributed by atoms with Crippen LogP contribution in [0.1, 0.15) is 12.5 Å². The Balaban J connectivity index is 2.88. The lowest BCUT2D eigenvalue weighted by molar-refractivity contribution is 1.16. The van der Waals surface area contributed by atoms with E-state index in [1.165, 1.54) is 15.6 Å². The van der Waals surface area contributed by atoms with Gasteiger partial charge in [0.1, 0.15) is 0 Å². The molecule has 0 amide bonds. The molecule has 0 radical (unpaired) electrons. The van der Waals surface area contributed by atoms with E-state index in [1.54, 1.807) is 11.3 Å². The second-order valence-corrected chi connectivity index (χ2v) is 4.99. The molecule has 0 saturated carbocycles.